The quantitative estimate of drug-likeness (QED) is 0.583. The van der Waals surface area contributed by atoms with E-state index in [1.807, 2.05) is 49.4 Å². The predicted molar refractivity (Wildman–Crippen MR) is 101 cm³/mol. The minimum Gasteiger partial charge on any atom is -0.346 e. The molecule has 0 aliphatic rings. The lowest BCUT2D eigenvalue weighted by atomic mass is 10.00. The number of rotatable bonds is 4. The van der Waals surface area contributed by atoms with Gasteiger partial charge >= 0.3 is 6.18 Å². The average Bonchev–Trinajstić information content (AvgIpc) is 2.65. The lowest BCUT2D eigenvalue weighted by Gasteiger charge is -2.15. The maximum absolute atomic E-state index is 12.8. The summed E-state index contributed by atoms with van der Waals surface area (Å²) in [4.78, 5) is 12.2. The molecular formula is C22H18F3NO. The van der Waals surface area contributed by atoms with Gasteiger partial charge in [-0.2, -0.15) is 13.2 Å². The van der Waals surface area contributed by atoms with E-state index in [1.54, 1.807) is 0 Å². The molecule has 1 atom stereocenters. The molecule has 0 aliphatic carbocycles. The van der Waals surface area contributed by atoms with Crippen LogP contribution in [-0.2, 0) is 11.0 Å². The van der Waals surface area contributed by atoms with Crippen LogP contribution in [0.5, 0.6) is 0 Å². The van der Waals surface area contributed by atoms with Gasteiger partial charge < -0.3 is 5.32 Å². The molecule has 0 radical (unpaired) electrons. The van der Waals surface area contributed by atoms with Crippen LogP contribution in [-0.4, -0.2) is 5.91 Å². The van der Waals surface area contributed by atoms with Gasteiger partial charge in [0.2, 0.25) is 5.91 Å². The van der Waals surface area contributed by atoms with Crippen molar-refractivity contribution in [1.29, 1.82) is 0 Å². The predicted octanol–water partition coefficient (Wildman–Crippen LogP) is 5.75. The highest BCUT2D eigenvalue weighted by molar-refractivity contribution is 5.93. The van der Waals surface area contributed by atoms with Crippen molar-refractivity contribution in [2.45, 2.75) is 19.1 Å². The molecule has 3 aromatic rings. The van der Waals surface area contributed by atoms with E-state index in [9.17, 15) is 18.0 Å². The first-order chi connectivity index (χ1) is 12.8. The van der Waals surface area contributed by atoms with Crippen molar-refractivity contribution < 1.29 is 18.0 Å². The Morgan fingerprint density at radius 1 is 1.00 bits per heavy atom. The fourth-order valence-electron chi connectivity index (χ4n) is 2.96. The fraction of sp³-hybridized carbons (Fsp3) is 0.136. The Morgan fingerprint density at radius 2 is 1.70 bits per heavy atom. The monoisotopic (exact) mass is 369 g/mol. The molecule has 0 saturated heterocycles. The summed E-state index contributed by atoms with van der Waals surface area (Å²) in [5.41, 5.74) is 0.556. The van der Waals surface area contributed by atoms with Crippen LogP contribution in [0.15, 0.2) is 72.8 Å². The van der Waals surface area contributed by atoms with Crippen LogP contribution in [0.2, 0.25) is 0 Å². The van der Waals surface area contributed by atoms with Crippen LogP contribution in [0.25, 0.3) is 16.8 Å². The van der Waals surface area contributed by atoms with E-state index >= 15 is 0 Å². The first kappa shape index (κ1) is 18.7. The Bertz CT molecular complexity index is 987. The van der Waals surface area contributed by atoms with Gasteiger partial charge in [-0.1, -0.05) is 54.6 Å². The third-order valence-electron chi connectivity index (χ3n) is 4.29. The number of carbonyl (C=O) groups is 1. The zero-order chi connectivity index (χ0) is 19.4. The van der Waals surface area contributed by atoms with Gasteiger partial charge in [0.05, 0.1) is 11.6 Å². The van der Waals surface area contributed by atoms with Crippen LogP contribution in [0.3, 0.4) is 0 Å². The van der Waals surface area contributed by atoms with E-state index in [0.29, 0.717) is 5.56 Å². The molecule has 3 aromatic carbocycles. The second-order valence-corrected chi connectivity index (χ2v) is 6.26. The van der Waals surface area contributed by atoms with E-state index in [2.05, 4.69) is 5.32 Å². The number of amides is 1. The van der Waals surface area contributed by atoms with Gasteiger partial charge in [-0.25, -0.2) is 0 Å². The molecule has 0 saturated carbocycles. The molecule has 27 heavy (non-hydrogen) atoms. The number of hydrogen-bond donors (Lipinski definition) is 1. The molecule has 5 heteroatoms. The van der Waals surface area contributed by atoms with Crippen molar-refractivity contribution in [2.24, 2.45) is 0 Å². The number of fused-ring (bicyclic) bond motifs is 1. The molecule has 0 unspecified atom stereocenters. The summed E-state index contributed by atoms with van der Waals surface area (Å²) in [5.74, 6) is -0.368. The Hall–Kier alpha value is -3.08. The van der Waals surface area contributed by atoms with E-state index in [1.165, 1.54) is 24.3 Å². The number of benzene rings is 3. The lowest BCUT2D eigenvalue weighted by molar-refractivity contribution is -0.137. The Morgan fingerprint density at radius 3 is 2.48 bits per heavy atom. The zero-order valence-electron chi connectivity index (χ0n) is 14.6. The maximum Gasteiger partial charge on any atom is 0.416 e. The zero-order valence-corrected chi connectivity index (χ0v) is 14.6. The molecule has 0 fully saturated rings. The standard InChI is InChI=1S/C22H18F3NO/c1-15(19-11-5-8-17-7-2-3-10-20(17)19)26-21(27)13-12-16-6-4-9-18(14-16)22(23,24)25/h2-15H,1H3,(H,26,27)/b13-12+/t15-/m0/s1. The Labute approximate surface area is 155 Å². The number of nitrogens with one attached hydrogen (secondary N) is 1. The fourth-order valence-corrected chi connectivity index (χ4v) is 2.96. The summed E-state index contributed by atoms with van der Waals surface area (Å²) in [5, 5.41) is 4.99. The highest BCUT2D eigenvalue weighted by Crippen LogP contribution is 2.29. The lowest BCUT2D eigenvalue weighted by Crippen LogP contribution is -2.24. The normalized spacial score (nSPS) is 13.0. The van der Waals surface area contributed by atoms with E-state index < -0.39 is 11.7 Å². The van der Waals surface area contributed by atoms with Gasteiger partial charge in [0.15, 0.2) is 0 Å². The number of hydrogen-bond acceptors (Lipinski definition) is 1. The van der Waals surface area contributed by atoms with Gasteiger partial charge in [0.1, 0.15) is 0 Å². The van der Waals surface area contributed by atoms with Crippen LogP contribution in [0.1, 0.15) is 29.7 Å². The molecule has 0 bridgehead atoms. The van der Waals surface area contributed by atoms with Crippen molar-refractivity contribution in [3.05, 3.63) is 89.5 Å². The molecule has 1 amide bonds. The largest absolute Gasteiger partial charge is 0.416 e. The molecule has 138 valence electrons. The van der Waals surface area contributed by atoms with Crippen LogP contribution in [0.4, 0.5) is 13.2 Å². The van der Waals surface area contributed by atoms with Crippen molar-refractivity contribution in [3.63, 3.8) is 0 Å². The molecule has 0 spiro atoms. The van der Waals surface area contributed by atoms with Crippen LogP contribution >= 0.6 is 0 Å². The number of alkyl halides is 3. The Kier molecular flexibility index (Phi) is 5.31. The molecule has 2 nitrogen and oxygen atoms in total. The third-order valence-corrected chi connectivity index (χ3v) is 4.29. The summed E-state index contributed by atoms with van der Waals surface area (Å²) in [6.07, 6.45) is -1.79. The van der Waals surface area contributed by atoms with Crippen molar-refractivity contribution in [3.8, 4) is 0 Å². The smallest absolute Gasteiger partial charge is 0.346 e. The van der Waals surface area contributed by atoms with E-state index in [0.717, 1.165) is 28.5 Å². The van der Waals surface area contributed by atoms with Crippen molar-refractivity contribution in [2.75, 3.05) is 0 Å². The summed E-state index contributed by atoms with van der Waals surface area (Å²) in [6.45, 7) is 1.87. The highest BCUT2D eigenvalue weighted by atomic mass is 19.4. The maximum atomic E-state index is 12.8. The molecule has 3 rings (SSSR count). The summed E-state index contributed by atoms with van der Waals surface area (Å²) < 4.78 is 38.3. The van der Waals surface area contributed by atoms with Gasteiger partial charge in [-0.15, -0.1) is 0 Å². The van der Waals surface area contributed by atoms with Crippen LogP contribution in [0, 0.1) is 0 Å². The molecular weight excluding hydrogens is 351 g/mol. The molecule has 0 aromatic heterocycles. The van der Waals surface area contributed by atoms with Gasteiger partial charge in [-0.3, -0.25) is 4.79 Å². The first-order valence-electron chi connectivity index (χ1n) is 8.48. The van der Waals surface area contributed by atoms with Gasteiger partial charge in [0.25, 0.3) is 0 Å². The minimum absolute atomic E-state index is 0.241. The summed E-state index contributed by atoms with van der Waals surface area (Å²) in [6, 6.07) is 18.4. The van der Waals surface area contributed by atoms with Gasteiger partial charge in [0, 0.05) is 6.08 Å². The third kappa shape index (κ3) is 4.56. The molecule has 1 N–H and O–H groups in total. The summed E-state index contributed by atoms with van der Waals surface area (Å²) in [7, 11) is 0. The molecule has 0 heterocycles. The second-order valence-electron chi connectivity index (χ2n) is 6.26. The van der Waals surface area contributed by atoms with Crippen molar-refractivity contribution in [1.82, 2.24) is 5.32 Å². The SMILES string of the molecule is C[C@H](NC(=O)/C=C/c1cccc(C(F)(F)F)c1)c1cccc2ccccc12. The number of halogens is 3. The first-order valence-corrected chi connectivity index (χ1v) is 8.48. The van der Waals surface area contributed by atoms with Crippen LogP contribution < -0.4 is 5.32 Å². The van der Waals surface area contributed by atoms with E-state index in [4.69, 9.17) is 0 Å². The highest BCUT2D eigenvalue weighted by Gasteiger charge is 2.30. The van der Waals surface area contributed by atoms with E-state index in [-0.39, 0.29) is 11.9 Å². The Balaban J connectivity index is 1.73. The van der Waals surface area contributed by atoms with Gasteiger partial charge in [-0.05, 0) is 47.0 Å². The minimum atomic E-state index is -4.41. The number of carbonyl (C=O) groups excluding carboxylic acids is 1. The second kappa shape index (κ2) is 7.66. The summed E-state index contributed by atoms with van der Waals surface area (Å²) >= 11 is 0. The van der Waals surface area contributed by atoms with Crippen molar-refractivity contribution >= 4 is 22.8 Å². The molecule has 0 aliphatic heterocycles. The topological polar surface area (TPSA) is 29.1 Å². The average molecular weight is 369 g/mol.